The Hall–Kier alpha value is -0.210. The number of nitrogens with zero attached hydrogens (tertiary/aromatic N) is 3. The number of hydrogen-bond acceptors (Lipinski definition) is 4. The van der Waals surface area contributed by atoms with Crippen LogP contribution in [0, 0.1) is 11.8 Å². The van der Waals surface area contributed by atoms with Gasteiger partial charge in [0.25, 0.3) is 10.2 Å². The maximum atomic E-state index is 12.6. The molecule has 0 aliphatic carbocycles. The first-order valence-corrected chi connectivity index (χ1v) is 8.93. The van der Waals surface area contributed by atoms with Crippen LogP contribution in [0.15, 0.2) is 0 Å². The minimum Gasteiger partial charge on any atom is -0.330 e. The molecule has 2 aliphatic heterocycles. The van der Waals surface area contributed by atoms with Gasteiger partial charge < -0.3 is 10.6 Å². The van der Waals surface area contributed by atoms with Gasteiger partial charge in [-0.05, 0) is 51.2 Å². The van der Waals surface area contributed by atoms with Gasteiger partial charge in [0.1, 0.15) is 0 Å². The average Bonchev–Trinajstić information content (AvgIpc) is 2.84. The third-order valence-electron chi connectivity index (χ3n) is 4.54. The molecular formula is C13H28N4O2S. The highest BCUT2D eigenvalue weighted by Gasteiger charge is 2.33. The Morgan fingerprint density at radius 1 is 1.20 bits per heavy atom. The minimum atomic E-state index is -3.32. The Labute approximate surface area is 123 Å². The van der Waals surface area contributed by atoms with Crippen LogP contribution in [-0.2, 0) is 10.2 Å². The standard InChI is InChI=1S/C13H28N4O2S/c1-15-7-5-13(9-15)10-16(2)20(18,19)17-6-3-4-12(8-14)11-17/h12-13H,3-11,14H2,1-2H3. The van der Waals surface area contributed by atoms with Crippen molar-refractivity contribution in [3.63, 3.8) is 0 Å². The molecule has 2 saturated heterocycles. The smallest absolute Gasteiger partial charge is 0.281 e. The maximum Gasteiger partial charge on any atom is 0.281 e. The van der Waals surface area contributed by atoms with Crippen molar-refractivity contribution in [3.8, 4) is 0 Å². The molecule has 0 bridgehead atoms. The quantitative estimate of drug-likeness (QED) is 0.763. The summed E-state index contributed by atoms with van der Waals surface area (Å²) in [5, 5.41) is 0. The SMILES string of the molecule is CN1CCC(CN(C)S(=O)(=O)N2CCCC(CN)C2)C1. The van der Waals surface area contributed by atoms with Gasteiger partial charge in [0, 0.05) is 33.2 Å². The zero-order valence-electron chi connectivity index (χ0n) is 12.7. The first-order chi connectivity index (χ1) is 9.43. The number of rotatable bonds is 5. The molecule has 0 aromatic carbocycles. The Kier molecular flexibility index (Phi) is 5.42. The summed E-state index contributed by atoms with van der Waals surface area (Å²) < 4.78 is 28.4. The molecule has 2 rings (SSSR count). The fourth-order valence-electron chi connectivity index (χ4n) is 3.26. The maximum absolute atomic E-state index is 12.6. The van der Waals surface area contributed by atoms with Crippen molar-refractivity contribution in [1.29, 1.82) is 0 Å². The zero-order valence-corrected chi connectivity index (χ0v) is 13.5. The van der Waals surface area contributed by atoms with Crippen molar-refractivity contribution in [2.45, 2.75) is 19.3 Å². The first-order valence-electron chi connectivity index (χ1n) is 7.53. The third-order valence-corrected chi connectivity index (χ3v) is 6.46. The zero-order chi connectivity index (χ0) is 14.8. The second-order valence-corrected chi connectivity index (χ2v) is 8.34. The third kappa shape index (κ3) is 3.71. The predicted molar refractivity (Wildman–Crippen MR) is 80.5 cm³/mol. The van der Waals surface area contributed by atoms with E-state index in [4.69, 9.17) is 5.73 Å². The topological polar surface area (TPSA) is 69.9 Å². The van der Waals surface area contributed by atoms with E-state index in [1.54, 1.807) is 11.4 Å². The van der Waals surface area contributed by atoms with Gasteiger partial charge >= 0.3 is 0 Å². The van der Waals surface area contributed by atoms with Crippen LogP contribution in [0.5, 0.6) is 0 Å². The van der Waals surface area contributed by atoms with Crippen molar-refractivity contribution < 1.29 is 8.42 Å². The summed E-state index contributed by atoms with van der Waals surface area (Å²) >= 11 is 0. The largest absolute Gasteiger partial charge is 0.330 e. The molecule has 0 radical (unpaired) electrons. The van der Waals surface area contributed by atoms with Crippen LogP contribution in [0.4, 0.5) is 0 Å². The monoisotopic (exact) mass is 304 g/mol. The highest BCUT2D eigenvalue weighted by molar-refractivity contribution is 7.86. The molecule has 2 atom stereocenters. The average molecular weight is 304 g/mol. The Bertz CT molecular complexity index is 415. The molecular weight excluding hydrogens is 276 g/mol. The van der Waals surface area contributed by atoms with Crippen LogP contribution in [0.2, 0.25) is 0 Å². The molecule has 6 nitrogen and oxygen atoms in total. The van der Waals surface area contributed by atoms with Gasteiger partial charge in [-0.15, -0.1) is 0 Å². The molecule has 0 aromatic heterocycles. The molecule has 2 fully saturated rings. The van der Waals surface area contributed by atoms with Gasteiger partial charge in [-0.1, -0.05) is 0 Å². The molecule has 0 aromatic rings. The van der Waals surface area contributed by atoms with Gasteiger partial charge in [0.2, 0.25) is 0 Å². The fourth-order valence-corrected chi connectivity index (χ4v) is 4.81. The summed E-state index contributed by atoms with van der Waals surface area (Å²) in [6, 6.07) is 0. The molecule has 118 valence electrons. The lowest BCUT2D eigenvalue weighted by Crippen LogP contribution is -2.48. The van der Waals surface area contributed by atoms with Gasteiger partial charge in [0.15, 0.2) is 0 Å². The summed E-state index contributed by atoms with van der Waals surface area (Å²) in [4.78, 5) is 2.26. The first kappa shape index (κ1) is 16.2. The molecule has 0 spiro atoms. The van der Waals surface area contributed by atoms with Crippen molar-refractivity contribution in [3.05, 3.63) is 0 Å². The van der Waals surface area contributed by atoms with Gasteiger partial charge in [-0.25, -0.2) is 0 Å². The molecule has 0 saturated carbocycles. The minimum absolute atomic E-state index is 0.310. The van der Waals surface area contributed by atoms with Gasteiger partial charge in [-0.2, -0.15) is 17.0 Å². The van der Waals surface area contributed by atoms with Crippen LogP contribution in [0.3, 0.4) is 0 Å². The Morgan fingerprint density at radius 3 is 2.55 bits per heavy atom. The Morgan fingerprint density at radius 2 is 1.95 bits per heavy atom. The van der Waals surface area contributed by atoms with Crippen LogP contribution in [0.25, 0.3) is 0 Å². The van der Waals surface area contributed by atoms with E-state index in [-0.39, 0.29) is 0 Å². The summed E-state index contributed by atoms with van der Waals surface area (Å²) in [5.41, 5.74) is 5.69. The van der Waals surface area contributed by atoms with E-state index in [1.807, 2.05) is 0 Å². The lowest BCUT2D eigenvalue weighted by Gasteiger charge is -2.34. The molecule has 7 heteroatoms. The van der Waals surface area contributed by atoms with Crippen LogP contribution in [0.1, 0.15) is 19.3 Å². The van der Waals surface area contributed by atoms with E-state index >= 15 is 0 Å². The lowest BCUT2D eigenvalue weighted by atomic mass is 10.0. The molecule has 2 N–H and O–H groups in total. The van der Waals surface area contributed by atoms with E-state index in [0.717, 1.165) is 32.4 Å². The summed E-state index contributed by atoms with van der Waals surface area (Å²) in [6.07, 6.45) is 3.04. The highest BCUT2D eigenvalue weighted by atomic mass is 32.2. The van der Waals surface area contributed by atoms with Crippen LogP contribution in [-0.4, -0.2) is 75.3 Å². The lowest BCUT2D eigenvalue weighted by molar-refractivity contribution is 0.250. The Balaban J connectivity index is 1.94. The summed E-state index contributed by atoms with van der Waals surface area (Å²) in [7, 11) is 0.479. The molecule has 0 amide bonds. The van der Waals surface area contributed by atoms with E-state index < -0.39 is 10.2 Å². The molecule has 2 unspecified atom stereocenters. The van der Waals surface area contributed by atoms with Gasteiger partial charge in [0.05, 0.1) is 0 Å². The summed E-state index contributed by atoms with van der Waals surface area (Å²) in [6.45, 7) is 4.46. The van der Waals surface area contributed by atoms with E-state index in [9.17, 15) is 8.42 Å². The van der Waals surface area contributed by atoms with Crippen molar-refractivity contribution in [2.24, 2.45) is 17.6 Å². The van der Waals surface area contributed by atoms with Crippen LogP contribution >= 0.6 is 0 Å². The predicted octanol–water partition coefficient (Wildman–Crippen LogP) is -0.215. The second-order valence-electron chi connectivity index (χ2n) is 6.31. The van der Waals surface area contributed by atoms with E-state index in [2.05, 4.69) is 11.9 Å². The normalized spacial score (nSPS) is 30.2. The number of likely N-dealkylation sites (tertiary alicyclic amines) is 1. The molecule has 2 heterocycles. The number of nitrogens with two attached hydrogens (primary N) is 1. The van der Waals surface area contributed by atoms with Crippen molar-refractivity contribution in [2.75, 3.05) is 53.4 Å². The van der Waals surface area contributed by atoms with E-state index in [1.165, 1.54) is 4.31 Å². The summed E-state index contributed by atoms with van der Waals surface area (Å²) in [5.74, 6) is 0.763. The highest BCUT2D eigenvalue weighted by Crippen LogP contribution is 2.22. The van der Waals surface area contributed by atoms with E-state index in [0.29, 0.717) is 38.0 Å². The van der Waals surface area contributed by atoms with Gasteiger partial charge in [-0.3, -0.25) is 0 Å². The van der Waals surface area contributed by atoms with Crippen molar-refractivity contribution >= 4 is 10.2 Å². The van der Waals surface area contributed by atoms with Crippen LogP contribution < -0.4 is 5.73 Å². The molecule has 20 heavy (non-hydrogen) atoms. The second kappa shape index (κ2) is 6.70. The molecule has 2 aliphatic rings. The number of hydrogen-bond donors (Lipinski definition) is 1. The van der Waals surface area contributed by atoms with Crippen molar-refractivity contribution in [1.82, 2.24) is 13.5 Å². The fraction of sp³-hybridized carbons (Fsp3) is 1.00. The number of piperidine rings is 1.